The number of carbonyl (C=O) groups excluding carboxylic acids is 1. The average molecular weight is 211 g/mol. The van der Waals surface area contributed by atoms with E-state index in [1.54, 1.807) is 13.8 Å². The largest absolute Gasteiger partial charge is 0.481 e. The Kier molecular flexibility index (Phi) is 6.58. The third-order valence-electron chi connectivity index (χ3n) is 1.48. The lowest BCUT2D eigenvalue weighted by Crippen LogP contribution is -2.21. The number of rotatable bonds is 4. The fraction of sp³-hybridized carbons (Fsp3) is 0.750. The summed E-state index contributed by atoms with van der Waals surface area (Å²) in [5.74, 6) is -1.27. The molecule has 0 atom stereocenters. The molecule has 0 heterocycles. The number of ether oxygens (including phenoxy) is 1. The Morgan fingerprint density at radius 1 is 1.31 bits per heavy atom. The Bertz CT molecular complexity index is 189. The monoisotopic (exact) mass is 210 g/mol. The first-order chi connectivity index (χ1) is 5.37. The number of hydrogen-bond acceptors (Lipinski definition) is 3. The predicted molar refractivity (Wildman–Crippen MR) is 49.9 cm³/mol. The van der Waals surface area contributed by atoms with Crippen LogP contribution in [0.15, 0.2) is 0 Å². The van der Waals surface area contributed by atoms with E-state index in [4.69, 9.17) is 5.11 Å². The molecule has 0 aromatic carbocycles. The molecule has 0 aromatic heterocycles. The number of carboxylic acids is 1. The Morgan fingerprint density at radius 3 is 2.08 bits per heavy atom. The molecule has 0 radical (unpaired) electrons. The Labute approximate surface area is 83.7 Å². The minimum atomic E-state index is -0.899. The molecule has 0 rings (SSSR count). The fourth-order valence-corrected chi connectivity index (χ4v) is 0.935. The minimum absolute atomic E-state index is 0. The maximum Gasteiger partial charge on any atom is 0.306 e. The molecule has 4 nitrogen and oxygen atoms in total. The van der Waals surface area contributed by atoms with Gasteiger partial charge in [-0.3, -0.25) is 9.59 Å². The molecule has 0 amide bonds. The lowest BCUT2D eigenvalue weighted by Gasteiger charge is -2.19. The number of carboxylic acid groups (broad SMARTS) is 1. The molecular weight excluding hydrogens is 196 g/mol. The van der Waals surface area contributed by atoms with E-state index in [9.17, 15) is 9.59 Å². The molecule has 0 saturated heterocycles. The lowest BCUT2D eigenvalue weighted by atomic mass is 9.86. The molecule has 0 fully saturated rings. The second-order valence-corrected chi connectivity index (χ2v) is 3.49. The van der Waals surface area contributed by atoms with Crippen molar-refractivity contribution in [3.8, 4) is 0 Å². The third kappa shape index (κ3) is 7.59. The Hall–Kier alpha value is -0.770. The van der Waals surface area contributed by atoms with Crippen molar-refractivity contribution >= 4 is 24.3 Å². The normalized spacial score (nSPS) is 10.1. The van der Waals surface area contributed by atoms with Crippen LogP contribution in [-0.4, -0.2) is 24.2 Å². The Morgan fingerprint density at radius 2 is 1.77 bits per heavy atom. The summed E-state index contributed by atoms with van der Waals surface area (Å²) in [5.41, 5.74) is -0.529. The first-order valence-corrected chi connectivity index (χ1v) is 3.66. The van der Waals surface area contributed by atoms with Gasteiger partial charge in [-0.2, -0.15) is 0 Å². The second kappa shape index (κ2) is 5.80. The number of aliphatic carboxylic acids is 1. The van der Waals surface area contributed by atoms with Gasteiger partial charge >= 0.3 is 11.9 Å². The molecule has 0 aliphatic carbocycles. The summed E-state index contributed by atoms with van der Waals surface area (Å²) in [6.45, 7) is 3.44. The molecule has 0 saturated carbocycles. The molecule has 0 unspecified atom stereocenters. The van der Waals surface area contributed by atoms with Crippen molar-refractivity contribution in [1.29, 1.82) is 0 Å². The summed E-state index contributed by atoms with van der Waals surface area (Å²) in [6, 6.07) is 0. The molecule has 1 N–H and O–H groups in total. The molecular formula is C8H15ClO4. The molecule has 5 heteroatoms. The van der Waals surface area contributed by atoms with Crippen LogP contribution in [0.1, 0.15) is 26.7 Å². The second-order valence-electron chi connectivity index (χ2n) is 3.49. The third-order valence-corrected chi connectivity index (χ3v) is 1.48. The smallest absolute Gasteiger partial charge is 0.306 e. The summed E-state index contributed by atoms with van der Waals surface area (Å²) < 4.78 is 4.44. The van der Waals surface area contributed by atoms with Crippen LogP contribution < -0.4 is 0 Å². The van der Waals surface area contributed by atoms with Gasteiger partial charge in [-0.05, 0) is 5.41 Å². The highest BCUT2D eigenvalue weighted by atomic mass is 35.5. The topological polar surface area (TPSA) is 63.6 Å². The van der Waals surface area contributed by atoms with Gasteiger partial charge in [0, 0.05) is 0 Å². The van der Waals surface area contributed by atoms with Gasteiger partial charge in [-0.15, -0.1) is 12.4 Å². The van der Waals surface area contributed by atoms with Crippen LogP contribution in [0.3, 0.4) is 0 Å². The van der Waals surface area contributed by atoms with E-state index >= 15 is 0 Å². The number of methoxy groups -OCH3 is 1. The van der Waals surface area contributed by atoms with Crippen molar-refractivity contribution in [3.05, 3.63) is 0 Å². The predicted octanol–water partition coefficient (Wildman–Crippen LogP) is 1.47. The van der Waals surface area contributed by atoms with Gasteiger partial charge in [-0.1, -0.05) is 13.8 Å². The fourth-order valence-electron chi connectivity index (χ4n) is 0.935. The van der Waals surface area contributed by atoms with E-state index in [-0.39, 0.29) is 31.2 Å². The van der Waals surface area contributed by atoms with Crippen molar-refractivity contribution in [2.45, 2.75) is 26.7 Å². The quantitative estimate of drug-likeness (QED) is 0.714. The van der Waals surface area contributed by atoms with Crippen LogP contribution >= 0.6 is 12.4 Å². The van der Waals surface area contributed by atoms with E-state index in [1.165, 1.54) is 7.11 Å². The maximum atomic E-state index is 10.8. The lowest BCUT2D eigenvalue weighted by molar-refractivity contribution is -0.145. The van der Waals surface area contributed by atoms with Crippen molar-refractivity contribution in [2.24, 2.45) is 5.41 Å². The molecule has 0 aromatic rings. The van der Waals surface area contributed by atoms with Gasteiger partial charge in [0.2, 0.25) is 0 Å². The van der Waals surface area contributed by atoms with Crippen LogP contribution in [0.4, 0.5) is 0 Å². The van der Waals surface area contributed by atoms with E-state index in [1.807, 2.05) is 0 Å². The summed E-state index contributed by atoms with van der Waals surface area (Å²) in [6.07, 6.45) is 0.109. The van der Waals surface area contributed by atoms with Crippen LogP contribution in [-0.2, 0) is 14.3 Å². The molecule has 0 spiro atoms. The zero-order valence-electron chi connectivity index (χ0n) is 7.99. The Balaban J connectivity index is 0. The van der Waals surface area contributed by atoms with E-state index < -0.39 is 11.4 Å². The van der Waals surface area contributed by atoms with Crippen molar-refractivity contribution in [2.75, 3.05) is 7.11 Å². The SMILES string of the molecule is COC(=O)CC(C)(C)CC(=O)O.Cl. The van der Waals surface area contributed by atoms with Gasteiger partial charge in [-0.25, -0.2) is 0 Å². The van der Waals surface area contributed by atoms with E-state index in [0.717, 1.165) is 0 Å². The number of halogens is 1. The molecule has 0 aliphatic rings. The first kappa shape index (κ1) is 14.7. The van der Waals surface area contributed by atoms with Gasteiger partial charge < -0.3 is 9.84 Å². The van der Waals surface area contributed by atoms with Crippen molar-refractivity contribution in [3.63, 3.8) is 0 Å². The van der Waals surface area contributed by atoms with Crippen LogP contribution in [0.2, 0.25) is 0 Å². The van der Waals surface area contributed by atoms with E-state index in [2.05, 4.69) is 4.74 Å². The molecule has 0 aliphatic heterocycles. The molecule has 0 bridgehead atoms. The van der Waals surface area contributed by atoms with Crippen molar-refractivity contribution < 1.29 is 19.4 Å². The molecule has 13 heavy (non-hydrogen) atoms. The van der Waals surface area contributed by atoms with Gasteiger partial charge in [0.05, 0.1) is 20.0 Å². The summed E-state index contributed by atoms with van der Waals surface area (Å²) in [7, 11) is 1.29. The van der Waals surface area contributed by atoms with Crippen molar-refractivity contribution in [1.82, 2.24) is 0 Å². The van der Waals surface area contributed by atoms with Crippen LogP contribution in [0.5, 0.6) is 0 Å². The van der Waals surface area contributed by atoms with Crippen LogP contribution in [0.25, 0.3) is 0 Å². The first-order valence-electron chi connectivity index (χ1n) is 3.66. The van der Waals surface area contributed by atoms with Crippen LogP contribution in [0, 0.1) is 5.41 Å². The zero-order chi connectivity index (χ0) is 9.78. The summed E-state index contributed by atoms with van der Waals surface area (Å²) >= 11 is 0. The summed E-state index contributed by atoms with van der Waals surface area (Å²) in [5, 5.41) is 8.48. The van der Waals surface area contributed by atoms with Gasteiger partial charge in [0.15, 0.2) is 0 Å². The standard InChI is InChI=1S/C8H14O4.ClH/c1-8(2,4-6(9)10)5-7(11)12-3;/h4-5H2,1-3H3,(H,9,10);1H. The van der Waals surface area contributed by atoms with E-state index in [0.29, 0.717) is 0 Å². The number of hydrogen-bond donors (Lipinski definition) is 1. The average Bonchev–Trinajstić information content (AvgIpc) is 1.83. The maximum absolute atomic E-state index is 10.8. The molecule has 78 valence electrons. The van der Waals surface area contributed by atoms with Gasteiger partial charge in [0.25, 0.3) is 0 Å². The zero-order valence-corrected chi connectivity index (χ0v) is 8.81. The highest BCUT2D eigenvalue weighted by Crippen LogP contribution is 2.25. The highest BCUT2D eigenvalue weighted by molar-refractivity contribution is 5.85. The summed E-state index contributed by atoms with van der Waals surface area (Å²) in [4.78, 5) is 21.1. The number of esters is 1. The minimum Gasteiger partial charge on any atom is -0.481 e. The number of carbonyl (C=O) groups is 2. The van der Waals surface area contributed by atoms with Gasteiger partial charge in [0.1, 0.15) is 0 Å². The highest BCUT2D eigenvalue weighted by Gasteiger charge is 2.25.